The van der Waals surface area contributed by atoms with E-state index in [9.17, 15) is 13.2 Å². The van der Waals surface area contributed by atoms with Crippen molar-refractivity contribution in [2.24, 2.45) is 0 Å². The van der Waals surface area contributed by atoms with Crippen LogP contribution in [0.2, 0.25) is 0 Å². The molecule has 0 saturated carbocycles. The molecule has 20 heavy (non-hydrogen) atoms. The molecule has 4 nitrogen and oxygen atoms in total. The molecule has 0 aliphatic carbocycles. The summed E-state index contributed by atoms with van der Waals surface area (Å²) >= 11 is 0. The van der Waals surface area contributed by atoms with Gasteiger partial charge in [0.05, 0.1) is 5.69 Å². The predicted molar refractivity (Wildman–Crippen MR) is 68.0 cm³/mol. The van der Waals surface area contributed by atoms with Crippen LogP contribution in [0.1, 0.15) is 0 Å². The van der Waals surface area contributed by atoms with Crippen LogP contribution in [0, 0.1) is 17.5 Å². The third-order valence-electron chi connectivity index (χ3n) is 2.69. The van der Waals surface area contributed by atoms with Crippen molar-refractivity contribution in [2.45, 2.75) is 0 Å². The molecule has 0 atom stereocenters. The largest absolute Gasteiger partial charge is 0.423 e. The molecule has 0 amide bonds. The van der Waals surface area contributed by atoms with Crippen molar-refractivity contribution < 1.29 is 17.6 Å². The SMILES string of the molecule is Nc1ccc2nc(Nc3ccc(F)c(F)c3F)oc2c1. The number of hydrogen-bond donors (Lipinski definition) is 2. The fourth-order valence-corrected chi connectivity index (χ4v) is 1.73. The van der Waals surface area contributed by atoms with E-state index in [1.165, 1.54) is 0 Å². The van der Waals surface area contributed by atoms with Crippen LogP contribution in [0.4, 0.5) is 30.6 Å². The van der Waals surface area contributed by atoms with Crippen LogP contribution in [0.3, 0.4) is 0 Å². The Hall–Kier alpha value is -2.70. The number of halogens is 3. The third-order valence-corrected chi connectivity index (χ3v) is 2.69. The van der Waals surface area contributed by atoms with Gasteiger partial charge in [0.1, 0.15) is 5.52 Å². The minimum absolute atomic E-state index is 0.0458. The van der Waals surface area contributed by atoms with Crippen LogP contribution >= 0.6 is 0 Å². The highest BCUT2D eigenvalue weighted by molar-refractivity contribution is 5.78. The zero-order chi connectivity index (χ0) is 14.3. The van der Waals surface area contributed by atoms with E-state index in [0.717, 1.165) is 12.1 Å². The standard InChI is InChI=1S/C13H8F3N3O/c14-7-2-4-9(12(16)11(7)15)19-13-18-8-3-1-6(17)5-10(8)20-13/h1-5H,17H2,(H,18,19). The van der Waals surface area contributed by atoms with Crippen molar-refractivity contribution >= 4 is 28.5 Å². The number of nitrogen functional groups attached to an aromatic ring is 1. The summed E-state index contributed by atoms with van der Waals surface area (Å²) in [6.07, 6.45) is 0. The first-order chi connectivity index (χ1) is 9.54. The number of nitrogens with one attached hydrogen (secondary N) is 1. The summed E-state index contributed by atoms with van der Waals surface area (Å²) in [6.45, 7) is 0. The summed E-state index contributed by atoms with van der Waals surface area (Å²) in [6, 6.07) is 6.62. The lowest BCUT2D eigenvalue weighted by atomic mass is 10.3. The smallest absolute Gasteiger partial charge is 0.300 e. The molecule has 0 spiro atoms. The van der Waals surface area contributed by atoms with Crippen LogP contribution in [-0.4, -0.2) is 4.98 Å². The average molecular weight is 279 g/mol. The first-order valence-electron chi connectivity index (χ1n) is 5.61. The van der Waals surface area contributed by atoms with Gasteiger partial charge in [-0.1, -0.05) is 0 Å². The van der Waals surface area contributed by atoms with E-state index in [-0.39, 0.29) is 11.7 Å². The maximum atomic E-state index is 13.5. The molecule has 0 unspecified atom stereocenters. The van der Waals surface area contributed by atoms with E-state index in [1.54, 1.807) is 18.2 Å². The summed E-state index contributed by atoms with van der Waals surface area (Å²) in [4.78, 5) is 4.03. The number of aromatic nitrogens is 1. The lowest BCUT2D eigenvalue weighted by molar-refractivity contribution is 0.449. The van der Waals surface area contributed by atoms with Crippen LogP contribution in [0.25, 0.3) is 11.1 Å². The van der Waals surface area contributed by atoms with E-state index in [1.807, 2.05) is 0 Å². The Balaban J connectivity index is 1.99. The van der Waals surface area contributed by atoms with Gasteiger partial charge < -0.3 is 15.5 Å². The minimum Gasteiger partial charge on any atom is -0.423 e. The summed E-state index contributed by atoms with van der Waals surface area (Å²) < 4.78 is 44.7. The Morgan fingerprint density at radius 3 is 2.65 bits per heavy atom. The monoisotopic (exact) mass is 279 g/mol. The Kier molecular flexibility index (Phi) is 2.74. The highest BCUT2D eigenvalue weighted by Gasteiger charge is 2.15. The number of oxazole rings is 1. The van der Waals surface area contributed by atoms with Gasteiger partial charge in [-0.15, -0.1) is 0 Å². The molecule has 3 N–H and O–H groups in total. The zero-order valence-corrected chi connectivity index (χ0v) is 9.95. The number of fused-ring (bicyclic) bond motifs is 1. The maximum absolute atomic E-state index is 13.5. The fraction of sp³-hybridized carbons (Fsp3) is 0. The predicted octanol–water partition coefficient (Wildman–Crippen LogP) is 3.57. The summed E-state index contributed by atoms with van der Waals surface area (Å²) in [5.41, 5.74) is 6.70. The second-order valence-electron chi connectivity index (χ2n) is 4.09. The van der Waals surface area contributed by atoms with Crippen LogP contribution in [-0.2, 0) is 0 Å². The van der Waals surface area contributed by atoms with Crippen molar-refractivity contribution in [3.63, 3.8) is 0 Å². The molecule has 1 aromatic heterocycles. The van der Waals surface area contributed by atoms with Gasteiger partial charge >= 0.3 is 0 Å². The second-order valence-corrected chi connectivity index (χ2v) is 4.09. The normalized spacial score (nSPS) is 10.9. The highest BCUT2D eigenvalue weighted by atomic mass is 19.2. The average Bonchev–Trinajstić information content (AvgIpc) is 2.81. The van der Waals surface area contributed by atoms with Crippen LogP contribution in [0.15, 0.2) is 34.7 Å². The molecule has 3 rings (SSSR count). The molecular formula is C13H8F3N3O. The van der Waals surface area contributed by atoms with Gasteiger partial charge in [0.15, 0.2) is 23.0 Å². The summed E-state index contributed by atoms with van der Waals surface area (Å²) in [5.74, 6) is -4.17. The Morgan fingerprint density at radius 1 is 1.05 bits per heavy atom. The Labute approximate surface area is 111 Å². The number of nitrogens with zero attached hydrogens (tertiary/aromatic N) is 1. The fourth-order valence-electron chi connectivity index (χ4n) is 1.73. The first kappa shape index (κ1) is 12.3. The highest BCUT2D eigenvalue weighted by Crippen LogP contribution is 2.26. The van der Waals surface area contributed by atoms with Gasteiger partial charge in [0, 0.05) is 11.8 Å². The van der Waals surface area contributed by atoms with Gasteiger partial charge in [0.25, 0.3) is 6.01 Å². The first-order valence-corrected chi connectivity index (χ1v) is 5.61. The molecule has 0 radical (unpaired) electrons. The molecule has 0 fully saturated rings. The number of nitrogens with two attached hydrogens (primary N) is 1. The minimum atomic E-state index is -1.56. The molecule has 0 bridgehead atoms. The molecule has 7 heteroatoms. The van der Waals surface area contributed by atoms with Gasteiger partial charge in [-0.05, 0) is 24.3 Å². The quantitative estimate of drug-likeness (QED) is 0.556. The second kappa shape index (κ2) is 4.44. The maximum Gasteiger partial charge on any atom is 0.300 e. The number of hydrogen-bond acceptors (Lipinski definition) is 4. The molecule has 0 aliphatic heterocycles. The number of benzene rings is 2. The van der Waals surface area contributed by atoms with E-state index in [4.69, 9.17) is 10.2 Å². The Bertz CT molecular complexity index is 801. The van der Waals surface area contributed by atoms with Crippen LogP contribution < -0.4 is 11.1 Å². The molecule has 0 aliphatic rings. The van der Waals surface area contributed by atoms with Crippen molar-refractivity contribution in [3.05, 3.63) is 47.8 Å². The van der Waals surface area contributed by atoms with E-state index in [2.05, 4.69) is 10.3 Å². The molecule has 1 heterocycles. The van der Waals surface area contributed by atoms with Gasteiger partial charge in [0.2, 0.25) is 0 Å². The van der Waals surface area contributed by atoms with Gasteiger partial charge in [-0.25, -0.2) is 13.2 Å². The summed E-state index contributed by atoms with van der Waals surface area (Å²) in [5, 5.41) is 2.45. The lowest BCUT2D eigenvalue weighted by Crippen LogP contribution is -1.98. The van der Waals surface area contributed by atoms with Gasteiger partial charge in [-0.3, -0.25) is 0 Å². The zero-order valence-electron chi connectivity index (χ0n) is 9.95. The molecule has 0 saturated heterocycles. The van der Waals surface area contributed by atoms with Crippen molar-refractivity contribution in [1.29, 1.82) is 0 Å². The van der Waals surface area contributed by atoms with Crippen molar-refractivity contribution in [1.82, 2.24) is 4.98 Å². The molecular weight excluding hydrogens is 271 g/mol. The van der Waals surface area contributed by atoms with E-state index in [0.29, 0.717) is 16.8 Å². The number of anilines is 3. The van der Waals surface area contributed by atoms with Gasteiger partial charge in [-0.2, -0.15) is 4.98 Å². The van der Waals surface area contributed by atoms with Crippen molar-refractivity contribution in [3.8, 4) is 0 Å². The van der Waals surface area contributed by atoms with Crippen molar-refractivity contribution in [2.75, 3.05) is 11.1 Å². The molecule has 3 aromatic rings. The third kappa shape index (κ3) is 2.03. The topological polar surface area (TPSA) is 64.1 Å². The summed E-state index contributed by atoms with van der Waals surface area (Å²) in [7, 11) is 0. The molecule has 2 aromatic carbocycles. The van der Waals surface area contributed by atoms with Crippen LogP contribution in [0.5, 0.6) is 0 Å². The van der Waals surface area contributed by atoms with E-state index < -0.39 is 17.5 Å². The Morgan fingerprint density at radius 2 is 1.85 bits per heavy atom. The molecule has 102 valence electrons. The lowest BCUT2D eigenvalue weighted by Gasteiger charge is -2.04. The van der Waals surface area contributed by atoms with E-state index >= 15 is 0 Å². The number of rotatable bonds is 2.